The van der Waals surface area contributed by atoms with Gasteiger partial charge in [0.25, 0.3) is 0 Å². The molecule has 1 saturated heterocycles. The van der Waals surface area contributed by atoms with Crippen LogP contribution < -0.4 is 18.9 Å². The first-order chi connectivity index (χ1) is 8.76. The van der Waals surface area contributed by atoms with E-state index < -0.39 is 5.79 Å². The van der Waals surface area contributed by atoms with E-state index in [2.05, 4.69) is 30.3 Å². The standard InChI is InChI=1S/C14H13O2S2.Li/c1-14(15-8-9-16-14)11-4-6-12(7-5-11)18-13-3-2-10-17-13;/h3-7,10H,8-9H2,1H3;/q-1;+1. The molecule has 1 fully saturated rings. The molecule has 0 saturated carbocycles. The minimum Gasteiger partial charge on any atom is -0.344 e. The van der Waals surface area contributed by atoms with Crippen LogP contribution in [0.2, 0.25) is 0 Å². The fourth-order valence-corrected chi connectivity index (χ4v) is 3.55. The number of ether oxygens (including phenoxy) is 2. The van der Waals surface area contributed by atoms with E-state index in [1.807, 2.05) is 18.4 Å². The first-order valence-corrected chi connectivity index (χ1v) is 7.47. The van der Waals surface area contributed by atoms with E-state index in [1.54, 1.807) is 23.1 Å². The van der Waals surface area contributed by atoms with Crippen molar-refractivity contribution >= 4 is 23.1 Å². The van der Waals surface area contributed by atoms with E-state index >= 15 is 0 Å². The van der Waals surface area contributed by atoms with Crippen LogP contribution in [-0.4, -0.2) is 13.2 Å². The molecular weight excluding hydrogens is 271 g/mol. The molecule has 1 aliphatic rings. The zero-order chi connectivity index (χ0) is 12.4. The van der Waals surface area contributed by atoms with Crippen molar-refractivity contribution in [3.63, 3.8) is 0 Å². The van der Waals surface area contributed by atoms with Gasteiger partial charge in [0, 0.05) is 5.56 Å². The van der Waals surface area contributed by atoms with E-state index in [1.165, 1.54) is 9.10 Å². The molecule has 94 valence electrons. The van der Waals surface area contributed by atoms with Crippen LogP contribution in [0.3, 0.4) is 0 Å². The van der Waals surface area contributed by atoms with Gasteiger partial charge in [-0.2, -0.15) is 11.8 Å². The van der Waals surface area contributed by atoms with Crippen molar-refractivity contribution in [1.82, 2.24) is 0 Å². The van der Waals surface area contributed by atoms with Gasteiger partial charge >= 0.3 is 18.9 Å². The average Bonchev–Trinajstić information content (AvgIpc) is 3.03. The van der Waals surface area contributed by atoms with Crippen LogP contribution in [-0.2, 0) is 15.3 Å². The Balaban J connectivity index is 0.00000133. The normalized spacial score (nSPS) is 17.1. The maximum atomic E-state index is 5.64. The molecule has 0 bridgehead atoms. The van der Waals surface area contributed by atoms with Crippen molar-refractivity contribution in [2.75, 3.05) is 13.2 Å². The second kappa shape index (κ2) is 6.49. The number of thiophene rings is 1. The Labute approximate surface area is 133 Å². The number of benzene rings is 1. The molecule has 1 aromatic heterocycles. The molecule has 0 N–H and O–H groups in total. The third-order valence-corrected chi connectivity index (χ3v) is 4.85. The summed E-state index contributed by atoms with van der Waals surface area (Å²) >= 11 is 3.45. The Kier molecular flexibility index (Phi) is 5.19. The average molecular weight is 284 g/mol. The smallest absolute Gasteiger partial charge is 0.344 e. The summed E-state index contributed by atoms with van der Waals surface area (Å²) in [5.74, 6) is -0.570. The Morgan fingerprint density at radius 3 is 2.47 bits per heavy atom. The van der Waals surface area contributed by atoms with Crippen LogP contribution in [0.5, 0.6) is 0 Å². The van der Waals surface area contributed by atoms with Gasteiger partial charge in [0.05, 0.1) is 13.2 Å². The number of hydrogen-bond donors (Lipinski definition) is 0. The van der Waals surface area contributed by atoms with Gasteiger partial charge in [0.2, 0.25) is 0 Å². The summed E-state index contributed by atoms with van der Waals surface area (Å²) < 4.78 is 12.5. The topological polar surface area (TPSA) is 18.5 Å². The van der Waals surface area contributed by atoms with Crippen molar-refractivity contribution in [2.24, 2.45) is 0 Å². The summed E-state index contributed by atoms with van der Waals surface area (Å²) in [6.07, 6.45) is 0. The summed E-state index contributed by atoms with van der Waals surface area (Å²) in [6.45, 7) is 3.30. The van der Waals surface area contributed by atoms with Crippen molar-refractivity contribution in [2.45, 2.75) is 21.8 Å². The van der Waals surface area contributed by atoms with Gasteiger partial charge in [-0.25, -0.2) is 12.1 Å². The maximum Gasteiger partial charge on any atom is 1.00 e. The van der Waals surface area contributed by atoms with Crippen molar-refractivity contribution < 1.29 is 28.3 Å². The van der Waals surface area contributed by atoms with E-state index in [0.717, 1.165) is 5.56 Å². The molecule has 0 unspecified atom stereocenters. The minimum absolute atomic E-state index is 0. The van der Waals surface area contributed by atoms with Gasteiger partial charge in [-0.15, -0.1) is 5.38 Å². The summed E-state index contributed by atoms with van der Waals surface area (Å²) in [7, 11) is 0. The molecule has 3 rings (SSSR count). The predicted molar refractivity (Wildman–Crippen MR) is 73.0 cm³/mol. The predicted octanol–water partition coefficient (Wildman–Crippen LogP) is 0.923. The van der Waals surface area contributed by atoms with Crippen LogP contribution in [0.15, 0.2) is 44.8 Å². The summed E-state index contributed by atoms with van der Waals surface area (Å²) in [5, 5.41) is 1.97. The van der Waals surface area contributed by atoms with Gasteiger partial charge in [-0.1, -0.05) is 16.3 Å². The summed E-state index contributed by atoms with van der Waals surface area (Å²) in [4.78, 5) is 1.22. The SMILES string of the molecule is CC1(c2ccc(Sc3c[c-]cs3)cc2)OCCO1.[Li+]. The zero-order valence-corrected chi connectivity index (χ0v) is 12.6. The van der Waals surface area contributed by atoms with Crippen molar-refractivity contribution in [3.8, 4) is 0 Å². The van der Waals surface area contributed by atoms with Gasteiger partial charge in [0.1, 0.15) is 0 Å². The summed E-state index contributed by atoms with van der Waals surface area (Å²) in [6, 6.07) is 13.4. The molecule has 2 heterocycles. The van der Waals surface area contributed by atoms with E-state index in [4.69, 9.17) is 9.47 Å². The fourth-order valence-electron chi connectivity index (χ4n) is 1.90. The molecule has 19 heavy (non-hydrogen) atoms. The molecule has 0 radical (unpaired) electrons. The van der Waals surface area contributed by atoms with Crippen LogP contribution in [0.25, 0.3) is 0 Å². The molecule has 5 heteroatoms. The third-order valence-electron chi connectivity index (χ3n) is 2.88. The molecule has 0 amide bonds. The monoisotopic (exact) mass is 284 g/mol. The molecule has 1 aromatic carbocycles. The Bertz CT molecular complexity index is 505. The molecular formula is C14H13LiO2S2. The Hall–Kier alpha value is -0.213. The van der Waals surface area contributed by atoms with Gasteiger partial charge in [-0.05, 0) is 24.0 Å². The molecule has 1 aliphatic heterocycles. The van der Waals surface area contributed by atoms with Crippen molar-refractivity contribution in [1.29, 1.82) is 0 Å². The zero-order valence-electron chi connectivity index (χ0n) is 11.0. The van der Waals surface area contributed by atoms with Crippen LogP contribution >= 0.6 is 23.1 Å². The first-order valence-electron chi connectivity index (χ1n) is 5.77. The van der Waals surface area contributed by atoms with Crippen LogP contribution in [0, 0.1) is 6.07 Å². The van der Waals surface area contributed by atoms with E-state index in [9.17, 15) is 0 Å². The largest absolute Gasteiger partial charge is 1.00 e. The molecule has 0 aliphatic carbocycles. The Morgan fingerprint density at radius 2 is 1.89 bits per heavy atom. The molecule has 0 spiro atoms. The second-order valence-corrected chi connectivity index (χ2v) is 6.42. The molecule has 0 atom stereocenters. The number of hydrogen-bond acceptors (Lipinski definition) is 4. The molecule has 2 aromatic rings. The minimum atomic E-state index is -0.570. The second-order valence-electron chi connectivity index (χ2n) is 4.13. The maximum absolute atomic E-state index is 5.64. The fraction of sp³-hybridized carbons (Fsp3) is 0.286. The quantitative estimate of drug-likeness (QED) is 0.617. The summed E-state index contributed by atoms with van der Waals surface area (Å²) in [5.41, 5.74) is 1.07. The third kappa shape index (κ3) is 3.46. The van der Waals surface area contributed by atoms with Crippen LogP contribution in [0.1, 0.15) is 12.5 Å². The van der Waals surface area contributed by atoms with Gasteiger partial charge < -0.3 is 9.47 Å². The number of rotatable bonds is 3. The van der Waals surface area contributed by atoms with Gasteiger partial charge in [-0.3, -0.25) is 11.3 Å². The van der Waals surface area contributed by atoms with Gasteiger partial charge in [0.15, 0.2) is 5.79 Å². The van der Waals surface area contributed by atoms with Crippen LogP contribution in [0.4, 0.5) is 0 Å². The van der Waals surface area contributed by atoms with E-state index in [0.29, 0.717) is 13.2 Å². The first kappa shape index (κ1) is 15.2. The van der Waals surface area contributed by atoms with Crippen molar-refractivity contribution in [3.05, 3.63) is 47.3 Å². The van der Waals surface area contributed by atoms with E-state index in [-0.39, 0.29) is 18.9 Å². The molecule has 2 nitrogen and oxygen atoms in total. The Morgan fingerprint density at radius 1 is 1.21 bits per heavy atom.